The van der Waals surface area contributed by atoms with Gasteiger partial charge in [0.15, 0.2) is 5.82 Å². The number of nitrogens with two attached hydrogens (primary N) is 2. The lowest BCUT2D eigenvalue weighted by Crippen LogP contribution is -2.24. The molecule has 2 heterocycles. The van der Waals surface area contributed by atoms with Crippen molar-refractivity contribution in [2.45, 2.75) is 0 Å². The molecular formula is C13H11N7O2. The smallest absolute Gasteiger partial charge is 0.284 e. The number of rotatable bonds is 2. The van der Waals surface area contributed by atoms with Crippen LogP contribution in [0.2, 0.25) is 0 Å². The van der Waals surface area contributed by atoms with Crippen molar-refractivity contribution in [3.8, 4) is 0 Å². The molecule has 1 aromatic carbocycles. The SMILES string of the molecule is NC(=O)c1nc2c(C(=O)N=C(N)n3cccn3)cccc2[nH]1. The zero-order chi connectivity index (χ0) is 15.7. The molecule has 9 heteroatoms. The molecule has 0 aliphatic carbocycles. The molecular weight excluding hydrogens is 286 g/mol. The number of hydrogen-bond donors (Lipinski definition) is 3. The second-order valence-corrected chi connectivity index (χ2v) is 4.38. The Kier molecular flexibility index (Phi) is 3.14. The molecule has 9 nitrogen and oxygen atoms in total. The van der Waals surface area contributed by atoms with Gasteiger partial charge >= 0.3 is 0 Å². The highest BCUT2D eigenvalue weighted by atomic mass is 16.2. The highest BCUT2D eigenvalue weighted by Gasteiger charge is 2.15. The molecule has 0 unspecified atom stereocenters. The maximum atomic E-state index is 12.3. The quantitative estimate of drug-likeness (QED) is 0.445. The number of aliphatic imine (C=N–C) groups is 1. The fourth-order valence-corrected chi connectivity index (χ4v) is 1.94. The molecule has 3 aromatic rings. The third-order valence-corrected chi connectivity index (χ3v) is 2.93. The Labute approximate surface area is 123 Å². The van der Waals surface area contributed by atoms with Gasteiger partial charge in [-0.3, -0.25) is 9.59 Å². The number of nitrogens with one attached hydrogen (secondary N) is 1. The van der Waals surface area contributed by atoms with E-state index < -0.39 is 11.8 Å². The number of primary amides is 1. The highest BCUT2D eigenvalue weighted by molar-refractivity contribution is 6.10. The van der Waals surface area contributed by atoms with Gasteiger partial charge in [0.05, 0.1) is 11.1 Å². The van der Waals surface area contributed by atoms with Crippen molar-refractivity contribution < 1.29 is 9.59 Å². The number of imidazole rings is 1. The summed E-state index contributed by atoms with van der Waals surface area (Å²) in [5, 5.41) is 3.88. The fraction of sp³-hybridized carbons (Fsp3) is 0. The van der Waals surface area contributed by atoms with Crippen molar-refractivity contribution >= 4 is 28.8 Å². The minimum atomic E-state index is -0.714. The summed E-state index contributed by atoms with van der Waals surface area (Å²) in [4.78, 5) is 34.0. The molecule has 0 aliphatic heterocycles. The molecule has 2 aromatic heterocycles. The molecule has 0 radical (unpaired) electrons. The summed E-state index contributed by atoms with van der Waals surface area (Å²) in [5.74, 6) is -1.41. The Bertz CT molecular complexity index is 892. The van der Waals surface area contributed by atoms with Gasteiger partial charge in [0.2, 0.25) is 5.96 Å². The first-order valence-corrected chi connectivity index (χ1v) is 6.23. The Morgan fingerprint density at radius 2 is 2.05 bits per heavy atom. The van der Waals surface area contributed by atoms with Crippen LogP contribution in [0, 0.1) is 0 Å². The highest BCUT2D eigenvalue weighted by Crippen LogP contribution is 2.17. The molecule has 110 valence electrons. The monoisotopic (exact) mass is 297 g/mol. The zero-order valence-corrected chi connectivity index (χ0v) is 11.2. The standard InChI is InChI=1S/C13H11N7O2/c14-10(21)11-17-8-4-1-3-7(9(8)18-11)12(22)19-13(15)20-6-2-5-16-20/h1-6H,(H2,14,21)(H,17,18)(H2,15,19,22). The molecule has 0 saturated heterocycles. The van der Waals surface area contributed by atoms with E-state index in [0.29, 0.717) is 11.0 Å². The number of carbonyl (C=O) groups is 2. The summed E-state index contributed by atoms with van der Waals surface area (Å²) in [5.41, 5.74) is 11.9. The van der Waals surface area contributed by atoms with Gasteiger partial charge in [-0.05, 0) is 18.2 Å². The minimum Gasteiger partial charge on any atom is -0.368 e. The van der Waals surface area contributed by atoms with Gasteiger partial charge in [-0.2, -0.15) is 10.1 Å². The van der Waals surface area contributed by atoms with E-state index in [2.05, 4.69) is 20.1 Å². The second kappa shape index (κ2) is 5.13. The van der Waals surface area contributed by atoms with Gasteiger partial charge in [0.25, 0.3) is 11.8 Å². The van der Waals surface area contributed by atoms with Crippen LogP contribution in [0.25, 0.3) is 11.0 Å². The van der Waals surface area contributed by atoms with Crippen LogP contribution in [0.4, 0.5) is 0 Å². The summed E-state index contributed by atoms with van der Waals surface area (Å²) in [6, 6.07) is 6.50. The zero-order valence-electron chi connectivity index (χ0n) is 11.2. The lowest BCUT2D eigenvalue weighted by Gasteiger charge is -2.00. The van der Waals surface area contributed by atoms with E-state index in [0.717, 1.165) is 0 Å². The molecule has 2 amide bonds. The second-order valence-electron chi connectivity index (χ2n) is 4.38. The predicted molar refractivity (Wildman–Crippen MR) is 78.2 cm³/mol. The Morgan fingerprint density at radius 1 is 1.23 bits per heavy atom. The minimum absolute atomic E-state index is 0.0284. The van der Waals surface area contributed by atoms with Crippen molar-refractivity contribution in [1.82, 2.24) is 19.7 Å². The van der Waals surface area contributed by atoms with Gasteiger partial charge in [-0.1, -0.05) is 6.07 Å². The van der Waals surface area contributed by atoms with Gasteiger partial charge in [0.1, 0.15) is 5.52 Å². The van der Waals surface area contributed by atoms with Gasteiger partial charge in [-0.25, -0.2) is 9.67 Å². The van der Waals surface area contributed by atoms with E-state index in [1.165, 1.54) is 16.9 Å². The number of aromatic amines is 1. The van der Waals surface area contributed by atoms with Crippen molar-refractivity contribution in [3.63, 3.8) is 0 Å². The Morgan fingerprint density at radius 3 is 2.73 bits per heavy atom. The fourth-order valence-electron chi connectivity index (χ4n) is 1.94. The largest absolute Gasteiger partial charge is 0.368 e. The van der Waals surface area contributed by atoms with Crippen LogP contribution in [-0.2, 0) is 0 Å². The van der Waals surface area contributed by atoms with E-state index in [1.54, 1.807) is 24.4 Å². The molecule has 0 fully saturated rings. The van der Waals surface area contributed by atoms with Crippen molar-refractivity contribution in [1.29, 1.82) is 0 Å². The summed E-state index contributed by atoms with van der Waals surface area (Å²) in [6.45, 7) is 0. The molecule has 0 atom stereocenters. The Hall–Kier alpha value is -3.49. The van der Waals surface area contributed by atoms with Gasteiger partial charge < -0.3 is 16.5 Å². The van der Waals surface area contributed by atoms with Crippen LogP contribution in [0.1, 0.15) is 21.0 Å². The van der Waals surface area contributed by atoms with Crippen LogP contribution < -0.4 is 11.5 Å². The molecule has 0 bridgehead atoms. The lowest BCUT2D eigenvalue weighted by molar-refractivity contribution is 0.0986. The summed E-state index contributed by atoms with van der Waals surface area (Å²) < 4.78 is 1.26. The first-order chi connectivity index (χ1) is 10.6. The predicted octanol–water partition coefficient (Wildman–Crippen LogP) is -0.139. The normalized spacial score (nSPS) is 11.7. The van der Waals surface area contributed by atoms with Crippen LogP contribution in [0.5, 0.6) is 0 Å². The van der Waals surface area contributed by atoms with Gasteiger partial charge in [-0.15, -0.1) is 0 Å². The third kappa shape index (κ3) is 2.30. The number of aromatic nitrogens is 4. The van der Waals surface area contributed by atoms with Crippen molar-refractivity contribution in [3.05, 3.63) is 48.0 Å². The number of benzene rings is 1. The Balaban J connectivity index is 2.04. The van der Waals surface area contributed by atoms with Crippen LogP contribution in [-0.4, -0.2) is 37.5 Å². The lowest BCUT2D eigenvalue weighted by atomic mass is 10.2. The summed E-state index contributed by atoms with van der Waals surface area (Å²) in [6.07, 6.45) is 3.08. The molecule has 3 rings (SSSR count). The molecule has 22 heavy (non-hydrogen) atoms. The van der Waals surface area contributed by atoms with Crippen molar-refractivity contribution in [2.75, 3.05) is 0 Å². The average molecular weight is 297 g/mol. The van der Waals surface area contributed by atoms with Gasteiger partial charge in [0, 0.05) is 12.4 Å². The summed E-state index contributed by atoms with van der Waals surface area (Å²) >= 11 is 0. The van der Waals surface area contributed by atoms with E-state index in [-0.39, 0.29) is 17.3 Å². The van der Waals surface area contributed by atoms with E-state index in [4.69, 9.17) is 11.5 Å². The first kappa shape index (κ1) is 13.5. The topological polar surface area (TPSA) is 145 Å². The first-order valence-electron chi connectivity index (χ1n) is 6.23. The molecule has 0 saturated carbocycles. The van der Waals surface area contributed by atoms with Crippen LogP contribution in [0.3, 0.4) is 0 Å². The van der Waals surface area contributed by atoms with E-state index in [9.17, 15) is 9.59 Å². The molecule has 5 N–H and O–H groups in total. The summed E-state index contributed by atoms with van der Waals surface area (Å²) in [7, 11) is 0. The maximum absolute atomic E-state index is 12.3. The average Bonchev–Trinajstić information content (AvgIpc) is 3.15. The number of hydrogen-bond acceptors (Lipinski definition) is 4. The van der Waals surface area contributed by atoms with Crippen molar-refractivity contribution in [2.24, 2.45) is 16.5 Å². The maximum Gasteiger partial charge on any atom is 0.284 e. The molecule has 0 aliphatic rings. The van der Waals surface area contributed by atoms with Crippen LogP contribution >= 0.6 is 0 Å². The third-order valence-electron chi connectivity index (χ3n) is 2.93. The number of amides is 2. The van der Waals surface area contributed by atoms with E-state index >= 15 is 0 Å². The number of para-hydroxylation sites is 1. The van der Waals surface area contributed by atoms with Crippen LogP contribution in [0.15, 0.2) is 41.7 Å². The number of nitrogens with zero attached hydrogens (tertiary/aromatic N) is 4. The number of fused-ring (bicyclic) bond motifs is 1. The number of H-pyrrole nitrogens is 1. The van der Waals surface area contributed by atoms with E-state index in [1.807, 2.05) is 0 Å². The molecule has 0 spiro atoms. The number of carbonyl (C=O) groups excluding carboxylic acids is 2.